The summed E-state index contributed by atoms with van der Waals surface area (Å²) >= 11 is 0. The van der Waals surface area contributed by atoms with Gasteiger partial charge in [0.2, 0.25) is 11.7 Å². The van der Waals surface area contributed by atoms with E-state index >= 15 is 0 Å². The highest BCUT2D eigenvalue weighted by atomic mass is 16.5. The molecule has 1 saturated carbocycles. The van der Waals surface area contributed by atoms with Gasteiger partial charge in [-0.15, -0.1) is 0 Å². The molecule has 2 N–H and O–H groups in total. The summed E-state index contributed by atoms with van der Waals surface area (Å²) < 4.78 is 17.6. The molecule has 0 spiro atoms. The van der Waals surface area contributed by atoms with E-state index < -0.39 is 0 Å². The Morgan fingerprint density at radius 1 is 0.868 bits per heavy atom. The number of hydrogen-bond acceptors (Lipinski definition) is 8. The average molecular weight is 522 g/mol. The minimum absolute atomic E-state index is 0.399. The molecule has 1 aliphatic rings. The zero-order valence-corrected chi connectivity index (χ0v) is 23.5. The number of hydrogen-bond donors (Lipinski definition) is 2. The van der Waals surface area contributed by atoms with E-state index in [9.17, 15) is 0 Å². The Labute approximate surface area is 227 Å². The zero-order chi connectivity index (χ0) is 26.9. The summed E-state index contributed by atoms with van der Waals surface area (Å²) in [5, 5.41) is 8.35. The smallest absolute Gasteiger partial charge is 0.225 e. The largest absolute Gasteiger partial charge is 0.490 e. The second kappa shape index (κ2) is 13.5. The number of nitrogens with zero attached hydrogens (tertiary/aromatic N) is 3. The molecular formula is C30H43N5O3. The molecule has 3 aromatic rings. The number of anilines is 2. The second-order valence-electron chi connectivity index (χ2n) is 10.00. The summed E-state index contributed by atoms with van der Waals surface area (Å²) in [6, 6.07) is 12.7. The fourth-order valence-corrected chi connectivity index (χ4v) is 5.12. The normalized spacial score (nSPS) is 17.3. The Morgan fingerprint density at radius 3 is 2.16 bits per heavy atom. The van der Waals surface area contributed by atoms with Gasteiger partial charge in [0.05, 0.1) is 25.3 Å². The Kier molecular flexibility index (Phi) is 9.87. The Bertz CT molecular complexity index is 1150. The monoisotopic (exact) mass is 521 g/mol. The molecular weight excluding hydrogens is 478 g/mol. The number of rotatable bonds is 13. The maximum atomic E-state index is 5.87. The van der Waals surface area contributed by atoms with Crippen LogP contribution >= 0.6 is 0 Å². The summed E-state index contributed by atoms with van der Waals surface area (Å²) in [7, 11) is 4.05. The van der Waals surface area contributed by atoms with Crippen LogP contribution in [0.5, 0.6) is 17.2 Å². The minimum Gasteiger partial charge on any atom is -0.490 e. The summed E-state index contributed by atoms with van der Waals surface area (Å²) in [5.74, 6) is 4.51. The third-order valence-electron chi connectivity index (χ3n) is 6.92. The molecule has 0 unspecified atom stereocenters. The van der Waals surface area contributed by atoms with E-state index in [1.807, 2.05) is 47.0 Å². The molecule has 38 heavy (non-hydrogen) atoms. The maximum absolute atomic E-state index is 5.87. The van der Waals surface area contributed by atoms with Gasteiger partial charge in [-0.3, -0.25) is 0 Å². The molecule has 0 amide bonds. The van der Waals surface area contributed by atoms with Crippen LogP contribution in [-0.2, 0) is 6.54 Å². The highest BCUT2D eigenvalue weighted by molar-refractivity contribution is 5.90. The van der Waals surface area contributed by atoms with Crippen LogP contribution in [0.15, 0.2) is 36.4 Å². The van der Waals surface area contributed by atoms with Crippen molar-refractivity contribution in [3.05, 3.63) is 42.0 Å². The first-order valence-electron chi connectivity index (χ1n) is 14.0. The lowest BCUT2D eigenvalue weighted by molar-refractivity contribution is 0.260. The molecule has 1 aliphatic carbocycles. The van der Waals surface area contributed by atoms with Crippen molar-refractivity contribution in [1.29, 1.82) is 0 Å². The topological polar surface area (TPSA) is 80.8 Å². The molecule has 4 rings (SSSR count). The number of benzene rings is 2. The highest BCUT2D eigenvalue weighted by Gasteiger charge is 2.22. The van der Waals surface area contributed by atoms with Gasteiger partial charge in [0.1, 0.15) is 5.82 Å². The van der Waals surface area contributed by atoms with E-state index in [1.54, 1.807) is 0 Å². The molecule has 0 atom stereocenters. The van der Waals surface area contributed by atoms with Crippen molar-refractivity contribution < 1.29 is 14.2 Å². The van der Waals surface area contributed by atoms with Gasteiger partial charge in [-0.05, 0) is 88.7 Å². The predicted octanol–water partition coefficient (Wildman–Crippen LogP) is 5.65. The van der Waals surface area contributed by atoms with Crippen LogP contribution in [0.1, 0.15) is 52.0 Å². The Hall–Kier alpha value is -3.26. The fraction of sp³-hybridized carbons (Fsp3) is 0.533. The predicted molar refractivity (Wildman–Crippen MR) is 155 cm³/mol. The number of nitrogens with one attached hydrogen (secondary N) is 2. The lowest BCUT2D eigenvalue weighted by Crippen LogP contribution is -2.31. The van der Waals surface area contributed by atoms with E-state index in [4.69, 9.17) is 24.2 Å². The first-order chi connectivity index (χ1) is 18.5. The van der Waals surface area contributed by atoms with Gasteiger partial charge in [0.25, 0.3) is 0 Å². The number of ether oxygens (including phenoxy) is 3. The van der Waals surface area contributed by atoms with E-state index in [2.05, 4.69) is 39.8 Å². The highest BCUT2D eigenvalue weighted by Crippen LogP contribution is 2.39. The molecule has 2 aromatic carbocycles. The molecule has 8 heteroatoms. The van der Waals surface area contributed by atoms with E-state index in [-0.39, 0.29) is 0 Å². The number of aromatic nitrogens is 2. The summed E-state index contributed by atoms with van der Waals surface area (Å²) in [4.78, 5) is 11.7. The Balaban J connectivity index is 1.30. The summed E-state index contributed by atoms with van der Waals surface area (Å²) in [6.07, 6.45) is 4.59. The average Bonchev–Trinajstić information content (AvgIpc) is 2.91. The fourth-order valence-electron chi connectivity index (χ4n) is 5.12. The molecule has 0 radical (unpaired) electrons. The van der Waals surface area contributed by atoms with Crippen LogP contribution in [0.4, 0.5) is 11.8 Å². The molecule has 1 fully saturated rings. The quantitative estimate of drug-likeness (QED) is 0.299. The summed E-state index contributed by atoms with van der Waals surface area (Å²) in [6.45, 7) is 9.44. The van der Waals surface area contributed by atoms with Crippen LogP contribution in [-0.4, -0.2) is 56.5 Å². The van der Waals surface area contributed by atoms with Crippen molar-refractivity contribution >= 4 is 22.7 Å². The van der Waals surface area contributed by atoms with Crippen molar-refractivity contribution in [3.63, 3.8) is 0 Å². The van der Waals surface area contributed by atoms with Gasteiger partial charge in [0.15, 0.2) is 11.5 Å². The molecule has 0 aliphatic heterocycles. The first-order valence-corrected chi connectivity index (χ1v) is 14.0. The van der Waals surface area contributed by atoms with E-state index in [0.29, 0.717) is 37.5 Å². The van der Waals surface area contributed by atoms with Gasteiger partial charge in [0, 0.05) is 32.1 Å². The third-order valence-corrected chi connectivity index (χ3v) is 6.92. The molecule has 206 valence electrons. The van der Waals surface area contributed by atoms with Crippen LogP contribution in [0.2, 0.25) is 0 Å². The van der Waals surface area contributed by atoms with Gasteiger partial charge in [-0.25, -0.2) is 4.98 Å². The number of para-hydroxylation sites is 1. The SMILES string of the molecule is CCOc1cc(CNC[C@H]2CC[C@@H](Nc3nc(N(C)C)c4ccccc4n3)CC2)cc(OCC)c1OCC. The van der Waals surface area contributed by atoms with Crippen molar-refractivity contribution in [3.8, 4) is 17.2 Å². The van der Waals surface area contributed by atoms with Crippen LogP contribution in [0.3, 0.4) is 0 Å². The summed E-state index contributed by atoms with van der Waals surface area (Å²) in [5.41, 5.74) is 2.11. The lowest BCUT2D eigenvalue weighted by Gasteiger charge is -2.29. The van der Waals surface area contributed by atoms with Crippen LogP contribution in [0.25, 0.3) is 10.9 Å². The molecule has 8 nitrogen and oxygen atoms in total. The lowest BCUT2D eigenvalue weighted by atomic mass is 9.86. The van der Waals surface area contributed by atoms with Crippen LogP contribution in [0, 0.1) is 5.92 Å². The zero-order valence-electron chi connectivity index (χ0n) is 23.5. The Morgan fingerprint density at radius 2 is 1.53 bits per heavy atom. The van der Waals surface area contributed by atoms with Gasteiger partial charge >= 0.3 is 0 Å². The molecule has 0 bridgehead atoms. The minimum atomic E-state index is 0.399. The standard InChI is InChI=1S/C30H43N5O3/c1-6-36-26-17-22(18-27(37-7-2)28(26)38-8-3)20-31-19-21-13-15-23(16-14-21)32-30-33-25-12-10-9-11-24(25)29(34-30)35(4)5/h9-12,17-18,21,23,31H,6-8,13-16,19-20H2,1-5H3,(H,32,33,34)/t21-,23+. The molecule has 0 saturated heterocycles. The van der Waals surface area contributed by atoms with Gasteiger partial charge < -0.3 is 29.7 Å². The maximum Gasteiger partial charge on any atom is 0.225 e. The molecule has 1 aromatic heterocycles. The van der Waals surface area contributed by atoms with Crippen molar-refractivity contribution in [2.75, 3.05) is 50.7 Å². The van der Waals surface area contributed by atoms with Gasteiger partial charge in [-0.1, -0.05) is 12.1 Å². The number of fused-ring (bicyclic) bond motifs is 1. The van der Waals surface area contributed by atoms with E-state index in [1.165, 1.54) is 12.8 Å². The van der Waals surface area contributed by atoms with Crippen molar-refractivity contribution in [2.45, 2.75) is 59.0 Å². The van der Waals surface area contributed by atoms with Crippen molar-refractivity contribution in [1.82, 2.24) is 15.3 Å². The van der Waals surface area contributed by atoms with Crippen LogP contribution < -0.4 is 29.7 Å². The third kappa shape index (κ3) is 6.98. The van der Waals surface area contributed by atoms with Crippen molar-refractivity contribution in [2.24, 2.45) is 5.92 Å². The first kappa shape index (κ1) is 27.8. The molecule has 1 heterocycles. The van der Waals surface area contributed by atoms with Gasteiger partial charge in [-0.2, -0.15) is 4.98 Å². The second-order valence-corrected chi connectivity index (χ2v) is 10.00. The van der Waals surface area contributed by atoms with E-state index in [0.717, 1.165) is 65.7 Å².